The van der Waals surface area contributed by atoms with Crippen molar-refractivity contribution in [3.8, 4) is 0 Å². The highest BCUT2D eigenvalue weighted by atomic mass is 79.9. The van der Waals surface area contributed by atoms with Gasteiger partial charge < -0.3 is 15.8 Å². The van der Waals surface area contributed by atoms with Crippen LogP contribution >= 0.6 is 15.9 Å². The van der Waals surface area contributed by atoms with Crippen LogP contribution in [0.15, 0.2) is 27.8 Å². The number of rotatable bonds is 2. The van der Waals surface area contributed by atoms with E-state index in [1.807, 2.05) is 19.1 Å². The van der Waals surface area contributed by atoms with Gasteiger partial charge in [-0.3, -0.25) is 4.79 Å². The molecule has 0 aliphatic carbocycles. The second kappa shape index (κ2) is 5.61. The summed E-state index contributed by atoms with van der Waals surface area (Å²) < 4.78 is 0.871. The molecule has 1 aliphatic heterocycles. The Balaban J connectivity index is 2.28. The summed E-state index contributed by atoms with van der Waals surface area (Å²) in [6.45, 7) is 2.57. The smallest absolute Gasteiger partial charge is 0.254 e. The lowest BCUT2D eigenvalue weighted by atomic mass is 10.1. The monoisotopic (exact) mass is 325 g/mol. The van der Waals surface area contributed by atoms with Gasteiger partial charge in [0, 0.05) is 16.6 Å². The molecule has 0 spiro atoms. The van der Waals surface area contributed by atoms with Crippen LogP contribution in [0.25, 0.3) is 0 Å². The van der Waals surface area contributed by atoms with E-state index in [0.29, 0.717) is 12.1 Å². The van der Waals surface area contributed by atoms with E-state index < -0.39 is 0 Å². The molecule has 6 heteroatoms. The van der Waals surface area contributed by atoms with Gasteiger partial charge in [-0.05, 0) is 43.5 Å². The maximum absolute atomic E-state index is 12.5. The predicted octanol–water partition coefficient (Wildman–Crippen LogP) is 2.11. The molecule has 1 amide bonds. The molecule has 1 aliphatic rings. The molecule has 5 nitrogen and oxygen atoms in total. The van der Waals surface area contributed by atoms with E-state index in [1.54, 1.807) is 11.0 Å². The van der Waals surface area contributed by atoms with Crippen molar-refractivity contribution in [1.29, 1.82) is 0 Å². The minimum absolute atomic E-state index is 0.0847. The fraction of sp³-hybridized carbons (Fsp3) is 0.385. The van der Waals surface area contributed by atoms with Crippen molar-refractivity contribution in [2.75, 3.05) is 6.54 Å². The van der Waals surface area contributed by atoms with E-state index in [9.17, 15) is 4.79 Å². The number of nitrogens with zero attached hydrogens (tertiary/aromatic N) is 2. The summed E-state index contributed by atoms with van der Waals surface area (Å²) in [7, 11) is 0. The first kappa shape index (κ1) is 13.9. The maximum Gasteiger partial charge on any atom is 0.254 e. The van der Waals surface area contributed by atoms with Crippen molar-refractivity contribution < 1.29 is 10.0 Å². The zero-order chi connectivity index (χ0) is 14.0. The van der Waals surface area contributed by atoms with Crippen molar-refractivity contribution in [2.45, 2.75) is 25.8 Å². The van der Waals surface area contributed by atoms with Gasteiger partial charge in [-0.25, -0.2) is 0 Å². The van der Waals surface area contributed by atoms with Crippen LogP contribution in [0, 0.1) is 6.92 Å². The number of aryl methyl sites for hydroxylation is 1. The van der Waals surface area contributed by atoms with E-state index in [-0.39, 0.29) is 17.8 Å². The zero-order valence-electron chi connectivity index (χ0n) is 10.6. The topological polar surface area (TPSA) is 78.9 Å². The summed E-state index contributed by atoms with van der Waals surface area (Å²) in [5.74, 6) is 0.0102. The number of carbonyl (C=O) groups is 1. The van der Waals surface area contributed by atoms with Crippen molar-refractivity contribution >= 4 is 27.7 Å². The van der Waals surface area contributed by atoms with Crippen molar-refractivity contribution in [3.63, 3.8) is 0 Å². The summed E-state index contributed by atoms with van der Waals surface area (Å²) in [6.07, 6.45) is 1.59. The van der Waals surface area contributed by atoms with E-state index in [0.717, 1.165) is 22.9 Å². The van der Waals surface area contributed by atoms with Crippen molar-refractivity contribution in [1.82, 2.24) is 4.90 Å². The second-order valence-electron chi connectivity index (χ2n) is 4.70. The van der Waals surface area contributed by atoms with Gasteiger partial charge in [-0.15, -0.1) is 0 Å². The molecule has 0 saturated carbocycles. The molecule has 0 bridgehead atoms. The molecule has 19 heavy (non-hydrogen) atoms. The fourth-order valence-electron chi connectivity index (χ4n) is 2.41. The van der Waals surface area contributed by atoms with Crippen LogP contribution in [0.1, 0.15) is 28.8 Å². The molecular formula is C13H16BrN3O2. The summed E-state index contributed by atoms with van der Waals surface area (Å²) >= 11 is 3.39. The number of oxime groups is 1. The molecule has 1 heterocycles. The lowest BCUT2D eigenvalue weighted by Crippen LogP contribution is -2.43. The SMILES string of the molecule is Cc1cc(Br)cc(C(=O)N2CCCC2/C(N)=N/O)c1. The number of nitrogens with two attached hydrogens (primary N) is 1. The van der Waals surface area contributed by atoms with Gasteiger partial charge in [-0.2, -0.15) is 0 Å². The lowest BCUT2D eigenvalue weighted by Gasteiger charge is -2.23. The van der Waals surface area contributed by atoms with Gasteiger partial charge in [0.05, 0.1) is 6.04 Å². The summed E-state index contributed by atoms with van der Waals surface area (Å²) in [5.41, 5.74) is 7.27. The Morgan fingerprint density at radius 3 is 2.89 bits per heavy atom. The van der Waals surface area contributed by atoms with Crippen LogP contribution in [0.4, 0.5) is 0 Å². The number of amides is 1. The molecule has 1 atom stereocenters. The average molecular weight is 326 g/mol. The molecule has 1 unspecified atom stereocenters. The third-order valence-electron chi connectivity index (χ3n) is 3.26. The first-order valence-corrected chi connectivity index (χ1v) is 6.88. The Morgan fingerprint density at radius 2 is 2.26 bits per heavy atom. The van der Waals surface area contributed by atoms with Crippen LogP contribution in [0.3, 0.4) is 0 Å². The minimum atomic E-state index is -0.309. The lowest BCUT2D eigenvalue weighted by molar-refractivity contribution is 0.0767. The van der Waals surface area contributed by atoms with E-state index in [4.69, 9.17) is 10.9 Å². The zero-order valence-corrected chi connectivity index (χ0v) is 12.2. The number of amidine groups is 1. The Hall–Kier alpha value is -1.56. The Bertz CT molecular complexity index is 510. The second-order valence-corrected chi connectivity index (χ2v) is 5.61. The Labute approximate surface area is 120 Å². The molecule has 1 saturated heterocycles. The Morgan fingerprint density at radius 1 is 1.53 bits per heavy atom. The molecule has 102 valence electrons. The number of likely N-dealkylation sites (tertiary alicyclic amines) is 1. The highest BCUT2D eigenvalue weighted by Gasteiger charge is 2.32. The maximum atomic E-state index is 12.5. The number of benzene rings is 1. The summed E-state index contributed by atoms with van der Waals surface area (Å²) in [4.78, 5) is 14.2. The molecule has 0 radical (unpaired) electrons. The number of hydrogen-bond donors (Lipinski definition) is 2. The van der Waals surface area contributed by atoms with E-state index in [1.165, 1.54) is 0 Å². The summed E-state index contributed by atoms with van der Waals surface area (Å²) in [6, 6.07) is 5.27. The quantitative estimate of drug-likeness (QED) is 0.378. The first-order chi connectivity index (χ1) is 9.02. The van der Waals surface area contributed by atoms with Gasteiger partial charge in [0.2, 0.25) is 0 Å². The third-order valence-corrected chi connectivity index (χ3v) is 3.72. The predicted molar refractivity (Wildman–Crippen MR) is 76.3 cm³/mol. The standard InChI is InChI=1S/C13H16BrN3O2/c1-8-5-9(7-10(14)6-8)13(18)17-4-2-3-11(17)12(15)16-19/h5-7,11,19H,2-4H2,1H3,(H2,15,16). The van der Waals surface area contributed by atoms with Gasteiger partial charge >= 0.3 is 0 Å². The van der Waals surface area contributed by atoms with E-state index in [2.05, 4.69) is 21.1 Å². The molecule has 3 N–H and O–H groups in total. The van der Waals surface area contributed by atoms with Crippen LogP contribution in [0.2, 0.25) is 0 Å². The molecule has 2 rings (SSSR count). The van der Waals surface area contributed by atoms with E-state index >= 15 is 0 Å². The van der Waals surface area contributed by atoms with Crippen molar-refractivity contribution in [2.24, 2.45) is 10.9 Å². The molecule has 1 aromatic rings. The number of halogens is 1. The normalized spacial score (nSPS) is 19.8. The van der Waals surface area contributed by atoms with Crippen molar-refractivity contribution in [3.05, 3.63) is 33.8 Å². The van der Waals surface area contributed by atoms with Crippen LogP contribution < -0.4 is 5.73 Å². The number of carbonyl (C=O) groups excluding carboxylic acids is 1. The Kier molecular flexibility index (Phi) is 4.09. The average Bonchev–Trinajstić information content (AvgIpc) is 2.84. The first-order valence-electron chi connectivity index (χ1n) is 6.08. The molecular weight excluding hydrogens is 310 g/mol. The molecule has 0 aromatic heterocycles. The molecule has 1 aromatic carbocycles. The summed E-state index contributed by atoms with van der Waals surface area (Å²) in [5, 5.41) is 11.8. The largest absolute Gasteiger partial charge is 0.409 e. The number of hydrogen-bond acceptors (Lipinski definition) is 3. The third kappa shape index (κ3) is 2.89. The van der Waals surface area contributed by atoms with Crippen LogP contribution in [-0.2, 0) is 0 Å². The van der Waals surface area contributed by atoms with Gasteiger partial charge in [0.1, 0.15) is 0 Å². The van der Waals surface area contributed by atoms with Gasteiger partial charge in [0.25, 0.3) is 5.91 Å². The van der Waals surface area contributed by atoms with Gasteiger partial charge in [-0.1, -0.05) is 21.1 Å². The van der Waals surface area contributed by atoms with Crippen LogP contribution in [-0.4, -0.2) is 34.4 Å². The highest BCUT2D eigenvalue weighted by Crippen LogP contribution is 2.22. The minimum Gasteiger partial charge on any atom is -0.409 e. The van der Waals surface area contributed by atoms with Gasteiger partial charge in [0.15, 0.2) is 5.84 Å². The highest BCUT2D eigenvalue weighted by molar-refractivity contribution is 9.10. The van der Waals surface area contributed by atoms with Crippen LogP contribution in [0.5, 0.6) is 0 Å². The molecule has 1 fully saturated rings. The fourth-order valence-corrected chi connectivity index (χ4v) is 3.02.